The maximum atomic E-state index is 12.4. The quantitative estimate of drug-likeness (QED) is 0.543. The maximum Gasteiger partial charge on any atom is 0.255 e. The van der Waals surface area contributed by atoms with Gasteiger partial charge in [0.05, 0.1) is 18.4 Å². The smallest absolute Gasteiger partial charge is 0.255 e. The van der Waals surface area contributed by atoms with E-state index in [0.29, 0.717) is 5.16 Å². The van der Waals surface area contributed by atoms with Crippen LogP contribution in [-0.2, 0) is 4.79 Å². The molecule has 0 bridgehead atoms. The van der Waals surface area contributed by atoms with Gasteiger partial charge in [0.15, 0.2) is 5.16 Å². The van der Waals surface area contributed by atoms with Crippen LogP contribution in [0.4, 0.5) is 5.69 Å². The number of carbonyl (C=O) groups is 1. The van der Waals surface area contributed by atoms with Crippen molar-refractivity contribution in [3.05, 3.63) is 58.9 Å². The molecule has 128 valence electrons. The molecule has 3 aromatic rings. The highest BCUT2D eigenvalue weighted by molar-refractivity contribution is 8.00. The first-order valence-electron chi connectivity index (χ1n) is 7.67. The standard InChI is InChI=1S/C18H17N3O3S/c1-11(25-18-20-15(22)10-16(21-18)24-2)17(23)19-14-8-7-12-5-3-4-6-13(12)9-14/h3-11H,1-2H3,(H,19,23)(H,20,21,22)/t11-/m1/s1. The van der Waals surface area contributed by atoms with Gasteiger partial charge in [0, 0.05) is 5.69 Å². The van der Waals surface area contributed by atoms with Gasteiger partial charge >= 0.3 is 0 Å². The van der Waals surface area contributed by atoms with Crippen molar-refractivity contribution in [3.63, 3.8) is 0 Å². The van der Waals surface area contributed by atoms with Crippen LogP contribution < -0.4 is 15.6 Å². The molecular formula is C18H17N3O3S. The number of carbonyl (C=O) groups excluding carboxylic acids is 1. The van der Waals surface area contributed by atoms with Gasteiger partial charge in [-0.05, 0) is 29.8 Å². The lowest BCUT2D eigenvalue weighted by Crippen LogP contribution is -2.23. The molecule has 0 unspecified atom stereocenters. The van der Waals surface area contributed by atoms with Crippen LogP contribution >= 0.6 is 11.8 Å². The van der Waals surface area contributed by atoms with E-state index in [1.165, 1.54) is 13.2 Å². The molecule has 1 atom stereocenters. The number of aromatic nitrogens is 2. The lowest BCUT2D eigenvalue weighted by atomic mass is 10.1. The molecule has 25 heavy (non-hydrogen) atoms. The van der Waals surface area contributed by atoms with Crippen molar-refractivity contribution in [3.8, 4) is 5.88 Å². The number of nitrogens with zero attached hydrogens (tertiary/aromatic N) is 1. The molecule has 0 aliphatic carbocycles. The summed E-state index contributed by atoms with van der Waals surface area (Å²) in [5, 5.41) is 4.95. The van der Waals surface area contributed by atoms with E-state index in [9.17, 15) is 9.59 Å². The topological polar surface area (TPSA) is 84.1 Å². The van der Waals surface area contributed by atoms with Gasteiger partial charge in [0.25, 0.3) is 5.56 Å². The molecule has 0 fully saturated rings. The molecule has 2 aromatic carbocycles. The number of amides is 1. The SMILES string of the molecule is COc1cc(=O)[nH]c(S[C@H](C)C(=O)Nc2ccc3ccccc3c2)n1. The molecule has 6 nitrogen and oxygen atoms in total. The molecule has 2 N–H and O–H groups in total. The molecular weight excluding hydrogens is 338 g/mol. The minimum Gasteiger partial charge on any atom is -0.481 e. The fourth-order valence-electron chi connectivity index (χ4n) is 2.31. The molecule has 1 heterocycles. The van der Waals surface area contributed by atoms with Crippen LogP contribution in [0, 0.1) is 0 Å². The monoisotopic (exact) mass is 355 g/mol. The minimum atomic E-state index is -0.443. The summed E-state index contributed by atoms with van der Waals surface area (Å²) in [6.45, 7) is 1.75. The van der Waals surface area contributed by atoms with Crippen LogP contribution in [0.15, 0.2) is 58.5 Å². The number of H-pyrrole nitrogens is 1. The predicted octanol–water partition coefficient (Wildman–Crippen LogP) is 3.05. The zero-order valence-corrected chi connectivity index (χ0v) is 14.6. The van der Waals surface area contributed by atoms with Crippen LogP contribution in [-0.4, -0.2) is 28.2 Å². The number of thioether (sulfide) groups is 1. The minimum absolute atomic E-state index is 0.175. The third-order valence-corrected chi connectivity index (χ3v) is 4.56. The summed E-state index contributed by atoms with van der Waals surface area (Å²) in [6.07, 6.45) is 0. The van der Waals surface area contributed by atoms with Gasteiger partial charge in [-0.15, -0.1) is 0 Å². The van der Waals surface area contributed by atoms with Crippen molar-refractivity contribution in [2.24, 2.45) is 0 Å². The number of hydrogen-bond donors (Lipinski definition) is 2. The summed E-state index contributed by atoms with van der Waals surface area (Å²) in [7, 11) is 1.44. The number of anilines is 1. The maximum absolute atomic E-state index is 12.4. The molecule has 0 aliphatic heterocycles. The van der Waals surface area contributed by atoms with Gasteiger partial charge in [-0.2, -0.15) is 4.98 Å². The summed E-state index contributed by atoms with van der Waals surface area (Å²) in [6, 6.07) is 14.9. The fraction of sp³-hybridized carbons (Fsp3) is 0.167. The normalized spacial score (nSPS) is 11.9. The van der Waals surface area contributed by atoms with E-state index in [1.807, 2.05) is 42.5 Å². The van der Waals surface area contributed by atoms with Crippen molar-refractivity contribution in [2.45, 2.75) is 17.3 Å². The highest BCUT2D eigenvalue weighted by Crippen LogP contribution is 2.23. The second-order valence-corrected chi connectivity index (χ2v) is 6.73. The van der Waals surface area contributed by atoms with Gasteiger partial charge in [-0.3, -0.25) is 9.59 Å². The first-order valence-corrected chi connectivity index (χ1v) is 8.55. The Bertz CT molecular complexity index is 971. The molecule has 0 saturated heterocycles. The first-order chi connectivity index (χ1) is 12.0. The fourth-order valence-corrected chi connectivity index (χ4v) is 3.11. The van der Waals surface area contributed by atoms with Gasteiger partial charge in [-0.25, -0.2) is 0 Å². The Hall–Kier alpha value is -2.80. The lowest BCUT2D eigenvalue weighted by Gasteiger charge is -2.12. The third kappa shape index (κ3) is 4.19. The Morgan fingerprint density at radius 2 is 1.96 bits per heavy atom. The van der Waals surface area contributed by atoms with E-state index < -0.39 is 5.25 Å². The zero-order valence-electron chi connectivity index (χ0n) is 13.8. The average Bonchev–Trinajstić information content (AvgIpc) is 2.61. The summed E-state index contributed by atoms with van der Waals surface area (Å²) in [5.41, 5.74) is 0.403. The van der Waals surface area contributed by atoms with Gasteiger partial charge in [-0.1, -0.05) is 42.1 Å². The highest BCUT2D eigenvalue weighted by Gasteiger charge is 2.16. The molecule has 0 spiro atoms. The highest BCUT2D eigenvalue weighted by atomic mass is 32.2. The number of aromatic amines is 1. The van der Waals surface area contributed by atoms with Crippen molar-refractivity contribution in [1.29, 1.82) is 0 Å². The Kier molecular flexibility index (Phi) is 5.04. The summed E-state index contributed by atoms with van der Waals surface area (Å²) in [4.78, 5) is 30.7. The third-order valence-electron chi connectivity index (χ3n) is 3.58. The lowest BCUT2D eigenvalue weighted by molar-refractivity contribution is -0.115. The second kappa shape index (κ2) is 7.40. The van der Waals surface area contributed by atoms with Gasteiger partial charge in [0.1, 0.15) is 0 Å². The molecule has 7 heteroatoms. The molecule has 1 amide bonds. The Morgan fingerprint density at radius 3 is 2.72 bits per heavy atom. The van der Waals surface area contributed by atoms with Crippen molar-refractivity contribution in [1.82, 2.24) is 9.97 Å². The molecule has 0 aliphatic rings. The Balaban J connectivity index is 1.71. The predicted molar refractivity (Wildman–Crippen MR) is 99.3 cm³/mol. The van der Waals surface area contributed by atoms with Crippen molar-refractivity contribution >= 4 is 34.1 Å². The number of fused-ring (bicyclic) bond motifs is 1. The van der Waals surface area contributed by atoms with Crippen LogP contribution in [0.2, 0.25) is 0 Å². The van der Waals surface area contributed by atoms with Crippen LogP contribution in [0.3, 0.4) is 0 Å². The van der Waals surface area contributed by atoms with E-state index in [4.69, 9.17) is 4.74 Å². The van der Waals surface area contributed by atoms with Crippen molar-refractivity contribution < 1.29 is 9.53 Å². The number of rotatable bonds is 5. The summed E-state index contributed by atoms with van der Waals surface area (Å²) >= 11 is 1.16. The second-order valence-electron chi connectivity index (χ2n) is 5.40. The van der Waals surface area contributed by atoms with E-state index in [1.54, 1.807) is 6.92 Å². The average molecular weight is 355 g/mol. The number of methoxy groups -OCH3 is 1. The number of hydrogen-bond acceptors (Lipinski definition) is 5. The first kappa shape index (κ1) is 17.0. The molecule has 1 aromatic heterocycles. The van der Waals surface area contributed by atoms with E-state index in [0.717, 1.165) is 28.2 Å². The van der Waals surface area contributed by atoms with E-state index in [2.05, 4.69) is 15.3 Å². The van der Waals surface area contributed by atoms with Gasteiger partial charge in [0.2, 0.25) is 11.8 Å². The van der Waals surface area contributed by atoms with Gasteiger partial charge < -0.3 is 15.0 Å². The van der Waals surface area contributed by atoms with Crippen LogP contribution in [0.5, 0.6) is 5.88 Å². The Morgan fingerprint density at radius 1 is 1.20 bits per heavy atom. The number of benzene rings is 2. The summed E-state index contributed by atoms with van der Waals surface area (Å²) < 4.78 is 4.97. The van der Waals surface area contributed by atoms with Crippen LogP contribution in [0.25, 0.3) is 10.8 Å². The zero-order chi connectivity index (χ0) is 17.8. The molecule has 0 saturated carbocycles. The van der Waals surface area contributed by atoms with Crippen molar-refractivity contribution in [2.75, 3.05) is 12.4 Å². The largest absolute Gasteiger partial charge is 0.481 e. The Labute approximate surface area is 148 Å². The van der Waals surface area contributed by atoms with Crippen LogP contribution in [0.1, 0.15) is 6.92 Å². The number of nitrogens with one attached hydrogen (secondary N) is 2. The molecule has 0 radical (unpaired) electrons. The van der Waals surface area contributed by atoms with E-state index in [-0.39, 0.29) is 17.3 Å². The molecule has 3 rings (SSSR count). The summed E-state index contributed by atoms with van der Waals surface area (Å²) in [5.74, 6) is 0.0409. The van der Waals surface area contributed by atoms with E-state index >= 15 is 0 Å². The number of ether oxygens (including phenoxy) is 1.